The van der Waals surface area contributed by atoms with E-state index in [4.69, 9.17) is 0 Å². The van der Waals surface area contributed by atoms with E-state index in [0.29, 0.717) is 11.7 Å². The Kier molecular flexibility index (Phi) is 5.50. The summed E-state index contributed by atoms with van der Waals surface area (Å²) >= 11 is 1.40. The Bertz CT molecular complexity index is 847. The van der Waals surface area contributed by atoms with Gasteiger partial charge in [0, 0.05) is 6.54 Å². The van der Waals surface area contributed by atoms with Gasteiger partial charge in [0.1, 0.15) is 6.33 Å². The summed E-state index contributed by atoms with van der Waals surface area (Å²) < 4.78 is 1.92. The molecule has 0 fully saturated rings. The molecule has 0 unspecified atom stereocenters. The maximum absolute atomic E-state index is 12.4. The molecular formula is C19H20N4OS. The van der Waals surface area contributed by atoms with Crippen LogP contribution < -0.4 is 5.32 Å². The maximum Gasteiger partial charge on any atom is 0.233 e. The van der Waals surface area contributed by atoms with E-state index in [9.17, 15) is 4.79 Å². The molecular weight excluding hydrogens is 332 g/mol. The molecule has 0 radical (unpaired) electrons. The van der Waals surface area contributed by atoms with Gasteiger partial charge in [-0.25, -0.2) is 0 Å². The normalized spacial score (nSPS) is 11.9. The Morgan fingerprint density at radius 3 is 2.64 bits per heavy atom. The molecule has 1 atom stereocenters. The molecule has 3 rings (SSSR count). The molecule has 1 heterocycles. The number of para-hydroxylation sites is 1. The molecule has 0 bridgehead atoms. The van der Waals surface area contributed by atoms with Crippen LogP contribution >= 0.6 is 11.8 Å². The molecule has 0 saturated carbocycles. The molecule has 1 amide bonds. The molecule has 3 aromatic rings. The fourth-order valence-corrected chi connectivity index (χ4v) is 3.30. The van der Waals surface area contributed by atoms with Crippen molar-refractivity contribution in [2.45, 2.75) is 30.8 Å². The minimum absolute atomic E-state index is 0.0202. The first-order chi connectivity index (χ1) is 12.1. The van der Waals surface area contributed by atoms with Crippen molar-refractivity contribution in [2.24, 2.45) is 0 Å². The predicted molar refractivity (Wildman–Crippen MR) is 99.7 cm³/mol. The van der Waals surface area contributed by atoms with E-state index in [1.807, 2.05) is 73.0 Å². The lowest BCUT2D eigenvalue weighted by Crippen LogP contribution is -2.30. The number of rotatable bonds is 6. The van der Waals surface area contributed by atoms with Gasteiger partial charge in [-0.15, -0.1) is 10.2 Å². The van der Waals surface area contributed by atoms with Gasteiger partial charge in [-0.05, 0) is 31.0 Å². The number of nitrogens with one attached hydrogen (secondary N) is 1. The van der Waals surface area contributed by atoms with E-state index in [2.05, 4.69) is 15.5 Å². The zero-order chi connectivity index (χ0) is 17.6. The molecule has 5 nitrogen and oxygen atoms in total. The summed E-state index contributed by atoms with van der Waals surface area (Å²) in [6.07, 6.45) is 1.68. The van der Waals surface area contributed by atoms with Gasteiger partial charge in [-0.2, -0.15) is 0 Å². The largest absolute Gasteiger partial charge is 0.351 e. The molecule has 0 saturated heterocycles. The van der Waals surface area contributed by atoms with Crippen LogP contribution in [0.15, 0.2) is 66.1 Å². The van der Waals surface area contributed by atoms with Crippen molar-refractivity contribution in [2.75, 3.05) is 0 Å². The van der Waals surface area contributed by atoms with Crippen LogP contribution in [0.25, 0.3) is 5.69 Å². The van der Waals surface area contributed by atoms with Crippen molar-refractivity contribution >= 4 is 17.7 Å². The third-order valence-electron chi connectivity index (χ3n) is 3.85. The third-order valence-corrected chi connectivity index (χ3v) is 4.91. The number of benzene rings is 2. The molecule has 0 aliphatic carbocycles. The lowest BCUT2D eigenvalue weighted by atomic mass is 10.2. The van der Waals surface area contributed by atoms with Crippen molar-refractivity contribution in [3.05, 3.63) is 72.1 Å². The molecule has 25 heavy (non-hydrogen) atoms. The van der Waals surface area contributed by atoms with Gasteiger partial charge in [0.2, 0.25) is 5.91 Å². The van der Waals surface area contributed by atoms with Crippen molar-refractivity contribution in [3.63, 3.8) is 0 Å². The number of nitrogens with zero attached hydrogens (tertiary/aromatic N) is 3. The average molecular weight is 352 g/mol. The second-order valence-corrected chi connectivity index (χ2v) is 7.04. The van der Waals surface area contributed by atoms with Crippen LogP contribution in [-0.4, -0.2) is 25.9 Å². The van der Waals surface area contributed by atoms with Crippen molar-refractivity contribution in [3.8, 4) is 5.69 Å². The van der Waals surface area contributed by atoms with Crippen molar-refractivity contribution < 1.29 is 4.79 Å². The highest BCUT2D eigenvalue weighted by molar-refractivity contribution is 8.00. The van der Waals surface area contributed by atoms with Crippen LogP contribution in [0.3, 0.4) is 0 Å². The number of amides is 1. The molecule has 1 aromatic heterocycles. The molecule has 0 spiro atoms. The smallest absolute Gasteiger partial charge is 0.233 e. The number of thioether (sulfide) groups is 1. The van der Waals surface area contributed by atoms with E-state index in [0.717, 1.165) is 16.8 Å². The molecule has 1 N–H and O–H groups in total. The first-order valence-electron chi connectivity index (χ1n) is 8.09. The fraction of sp³-hybridized carbons (Fsp3) is 0.211. The summed E-state index contributed by atoms with van der Waals surface area (Å²) in [5, 5.41) is 11.6. The number of hydrogen-bond donors (Lipinski definition) is 1. The first kappa shape index (κ1) is 17.2. The average Bonchev–Trinajstić information content (AvgIpc) is 3.08. The Balaban J connectivity index is 1.65. The van der Waals surface area contributed by atoms with E-state index in [1.54, 1.807) is 6.33 Å². The number of hydrogen-bond acceptors (Lipinski definition) is 4. The van der Waals surface area contributed by atoms with Crippen LogP contribution in [0.5, 0.6) is 0 Å². The van der Waals surface area contributed by atoms with Gasteiger partial charge < -0.3 is 5.32 Å². The highest BCUT2D eigenvalue weighted by atomic mass is 32.2. The Morgan fingerprint density at radius 1 is 1.16 bits per heavy atom. The standard InChI is InChI=1S/C19H20N4OS/c1-14-8-6-7-11-17(14)23-13-21-22-19(23)25-15(2)18(24)20-12-16-9-4-3-5-10-16/h3-11,13,15H,12H2,1-2H3,(H,20,24)/t15-/m0/s1. The highest BCUT2D eigenvalue weighted by Crippen LogP contribution is 2.25. The molecule has 0 aliphatic rings. The second-order valence-electron chi connectivity index (χ2n) is 5.73. The third kappa shape index (κ3) is 4.28. The first-order valence-corrected chi connectivity index (χ1v) is 8.97. The van der Waals surface area contributed by atoms with Crippen molar-refractivity contribution in [1.29, 1.82) is 0 Å². The quantitative estimate of drug-likeness (QED) is 0.691. The minimum Gasteiger partial charge on any atom is -0.351 e. The summed E-state index contributed by atoms with van der Waals surface area (Å²) in [6, 6.07) is 17.9. The molecule has 2 aromatic carbocycles. The van der Waals surface area contributed by atoms with Crippen LogP contribution in [0.4, 0.5) is 0 Å². The van der Waals surface area contributed by atoms with Gasteiger partial charge in [0.15, 0.2) is 5.16 Å². The maximum atomic E-state index is 12.4. The van der Waals surface area contributed by atoms with Crippen LogP contribution in [-0.2, 0) is 11.3 Å². The van der Waals surface area contributed by atoms with Gasteiger partial charge >= 0.3 is 0 Å². The number of carbonyl (C=O) groups is 1. The van der Waals surface area contributed by atoms with Crippen LogP contribution in [0, 0.1) is 6.92 Å². The van der Waals surface area contributed by atoms with Gasteiger partial charge in [-0.3, -0.25) is 9.36 Å². The molecule has 0 aliphatic heterocycles. The lowest BCUT2D eigenvalue weighted by Gasteiger charge is -2.13. The monoisotopic (exact) mass is 352 g/mol. The lowest BCUT2D eigenvalue weighted by molar-refractivity contribution is -0.120. The summed E-state index contributed by atoms with van der Waals surface area (Å²) in [6.45, 7) is 4.44. The summed E-state index contributed by atoms with van der Waals surface area (Å²) in [7, 11) is 0. The van der Waals surface area contributed by atoms with E-state index < -0.39 is 0 Å². The number of carbonyl (C=O) groups excluding carboxylic acids is 1. The van der Waals surface area contributed by atoms with Gasteiger partial charge in [0.25, 0.3) is 0 Å². The summed E-state index contributed by atoms with van der Waals surface area (Å²) in [5.74, 6) is -0.0202. The summed E-state index contributed by atoms with van der Waals surface area (Å²) in [4.78, 5) is 12.4. The predicted octanol–water partition coefficient (Wildman–Crippen LogP) is 3.37. The number of aryl methyl sites for hydroxylation is 1. The van der Waals surface area contributed by atoms with E-state index in [-0.39, 0.29) is 11.2 Å². The molecule has 128 valence electrons. The Hall–Kier alpha value is -2.60. The Labute approximate surface area is 151 Å². The van der Waals surface area contributed by atoms with Crippen molar-refractivity contribution in [1.82, 2.24) is 20.1 Å². The fourth-order valence-electron chi connectivity index (χ4n) is 2.44. The van der Waals surface area contributed by atoms with Gasteiger partial charge in [0.05, 0.1) is 10.9 Å². The summed E-state index contributed by atoms with van der Waals surface area (Å²) in [5.41, 5.74) is 3.23. The Morgan fingerprint density at radius 2 is 1.88 bits per heavy atom. The van der Waals surface area contributed by atoms with Crippen LogP contribution in [0.2, 0.25) is 0 Å². The number of aromatic nitrogens is 3. The zero-order valence-corrected chi connectivity index (χ0v) is 15.0. The topological polar surface area (TPSA) is 59.8 Å². The second kappa shape index (κ2) is 7.98. The van der Waals surface area contributed by atoms with Crippen LogP contribution in [0.1, 0.15) is 18.1 Å². The zero-order valence-electron chi connectivity index (χ0n) is 14.2. The van der Waals surface area contributed by atoms with E-state index in [1.165, 1.54) is 11.8 Å². The van der Waals surface area contributed by atoms with E-state index >= 15 is 0 Å². The highest BCUT2D eigenvalue weighted by Gasteiger charge is 2.18. The molecule has 6 heteroatoms. The SMILES string of the molecule is Cc1ccccc1-n1cnnc1S[C@@H](C)C(=O)NCc1ccccc1. The van der Waals surface area contributed by atoms with Gasteiger partial charge in [-0.1, -0.05) is 60.3 Å². The minimum atomic E-state index is -0.268.